The van der Waals surface area contributed by atoms with Crippen molar-refractivity contribution in [3.8, 4) is 11.5 Å². The molecular weight excluding hydrogens is 268 g/mol. The molecule has 2 saturated heterocycles. The van der Waals surface area contributed by atoms with Crippen LogP contribution in [-0.4, -0.2) is 50.2 Å². The highest BCUT2D eigenvalue weighted by Gasteiger charge is 2.44. The molecule has 3 rings (SSSR count). The molecule has 21 heavy (non-hydrogen) atoms. The van der Waals surface area contributed by atoms with Gasteiger partial charge in [0.15, 0.2) is 0 Å². The summed E-state index contributed by atoms with van der Waals surface area (Å²) >= 11 is 0. The van der Waals surface area contributed by atoms with Crippen molar-refractivity contribution >= 4 is 5.91 Å². The Balaban J connectivity index is 1.91. The molecule has 2 fully saturated rings. The lowest BCUT2D eigenvalue weighted by atomic mass is 10.0. The summed E-state index contributed by atoms with van der Waals surface area (Å²) in [6.07, 6.45) is 1.07. The van der Waals surface area contributed by atoms with Crippen molar-refractivity contribution in [3.05, 3.63) is 23.8 Å². The molecule has 1 N–H and O–H groups in total. The number of likely N-dealkylation sites (tertiary alicyclic amines) is 1. The first-order chi connectivity index (χ1) is 10.1. The second-order valence-electron chi connectivity index (χ2n) is 5.88. The molecule has 1 amide bonds. The number of fused-ring (bicyclic) bond motifs is 1. The molecule has 0 aliphatic carbocycles. The summed E-state index contributed by atoms with van der Waals surface area (Å²) in [5.74, 6) is 1.93. The van der Waals surface area contributed by atoms with Crippen LogP contribution in [0.15, 0.2) is 18.2 Å². The molecular formula is C16H22N2O3. The summed E-state index contributed by atoms with van der Waals surface area (Å²) < 4.78 is 10.5. The number of nitrogens with zero attached hydrogens (tertiary/aromatic N) is 1. The molecule has 2 heterocycles. The number of amides is 1. The van der Waals surface area contributed by atoms with Gasteiger partial charge in [0.1, 0.15) is 11.5 Å². The van der Waals surface area contributed by atoms with Crippen LogP contribution >= 0.6 is 0 Å². The Hall–Kier alpha value is -1.75. The van der Waals surface area contributed by atoms with Crippen LogP contribution in [-0.2, 0) is 0 Å². The first-order valence-electron chi connectivity index (χ1n) is 7.40. The average molecular weight is 290 g/mol. The molecule has 0 bridgehead atoms. The van der Waals surface area contributed by atoms with E-state index in [9.17, 15) is 4.79 Å². The van der Waals surface area contributed by atoms with E-state index in [1.165, 1.54) is 0 Å². The molecule has 1 aromatic rings. The van der Waals surface area contributed by atoms with Crippen molar-refractivity contribution in [3.63, 3.8) is 0 Å². The Morgan fingerprint density at radius 2 is 1.86 bits per heavy atom. The number of hydrogen-bond donors (Lipinski definition) is 1. The summed E-state index contributed by atoms with van der Waals surface area (Å²) in [6.45, 7) is 4.04. The minimum Gasteiger partial charge on any atom is -0.497 e. The second kappa shape index (κ2) is 5.56. The van der Waals surface area contributed by atoms with E-state index in [2.05, 4.69) is 12.2 Å². The van der Waals surface area contributed by atoms with Crippen LogP contribution in [0.3, 0.4) is 0 Å². The van der Waals surface area contributed by atoms with E-state index in [0.29, 0.717) is 29.0 Å². The monoisotopic (exact) mass is 290 g/mol. The normalized spacial score (nSPS) is 27.6. The van der Waals surface area contributed by atoms with Crippen LogP contribution in [0, 0.1) is 5.92 Å². The molecule has 5 heteroatoms. The van der Waals surface area contributed by atoms with Gasteiger partial charge in [0.2, 0.25) is 0 Å². The molecule has 2 aliphatic rings. The first kappa shape index (κ1) is 14.2. The standard InChI is InChI=1S/C16H22N2O3/c1-10-4-12-8-17-9-15(12)18(10)16(19)11-5-13(20-2)7-14(6-11)21-3/h5-7,10,12,15,17H,4,8-9H2,1-3H3. The van der Waals surface area contributed by atoms with Gasteiger partial charge in [-0.2, -0.15) is 0 Å². The van der Waals surface area contributed by atoms with Gasteiger partial charge in [0.25, 0.3) is 5.91 Å². The fourth-order valence-corrected chi connectivity index (χ4v) is 3.59. The van der Waals surface area contributed by atoms with Gasteiger partial charge in [0.05, 0.1) is 14.2 Å². The molecule has 3 unspecified atom stereocenters. The number of nitrogens with one attached hydrogen (secondary N) is 1. The molecule has 1 aromatic carbocycles. The minimum atomic E-state index is 0.0656. The van der Waals surface area contributed by atoms with Crippen LogP contribution in [0.4, 0.5) is 0 Å². The Labute approximate surface area is 125 Å². The second-order valence-corrected chi connectivity index (χ2v) is 5.88. The van der Waals surface area contributed by atoms with Crippen LogP contribution in [0.2, 0.25) is 0 Å². The smallest absolute Gasteiger partial charge is 0.254 e. The Kier molecular flexibility index (Phi) is 3.76. The van der Waals surface area contributed by atoms with Crippen molar-refractivity contribution < 1.29 is 14.3 Å². The molecule has 0 spiro atoms. The van der Waals surface area contributed by atoms with Gasteiger partial charge in [-0.05, 0) is 31.4 Å². The Morgan fingerprint density at radius 1 is 1.19 bits per heavy atom. The Morgan fingerprint density at radius 3 is 2.48 bits per heavy atom. The zero-order chi connectivity index (χ0) is 15.0. The Bertz CT molecular complexity index is 524. The van der Waals surface area contributed by atoms with Crippen LogP contribution in [0.5, 0.6) is 11.5 Å². The third-order valence-corrected chi connectivity index (χ3v) is 4.61. The van der Waals surface area contributed by atoms with Crippen LogP contribution in [0.25, 0.3) is 0 Å². The van der Waals surface area contributed by atoms with Crippen molar-refractivity contribution in [2.24, 2.45) is 5.92 Å². The topological polar surface area (TPSA) is 50.8 Å². The predicted octanol–water partition coefficient (Wildman–Crippen LogP) is 1.53. The molecule has 5 nitrogen and oxygen atoms in total. The summed E-state index contributed by atoms with van der Waals surface area (Å²) in [5, 5.41) is 3.38. The quantitative estimate of drug-likeness (QED) is 0.917. The molecule has 114 valence electrons. The fourth-order valence-electron chi connectivity index (χ4n) is 3.59. The third-order valence-electron chi connectivity index (χ3n) is 4.61. The summed E-state index contributed by atoms with van der Waals surface area (Å²) in [6, 6.07) is 5.95. The zero-order valence-corrected chi connectivity index (χ0v) is 12.8. The van der Waals surface area contributed by atoms with Gasteiger partial charge >= 0.3 is 0 Å². The van der Waals surface area contributed by atoms with E-state index in [0.717, 1.165) is 19.5 Å². The van der Waals surface area contributed by atoms with E-state index in [-0.39, 0.29) is 11.9 Å². The molecule has 0 saturated carbocycles. The van der Waals surface area contributed by atoms with E-state index >= 15 is 0 Å². The SMILES string of the molecule is COc1cc(OC)cc(C(=O)N2C(C)CC3CNCC32)c1. The van der Waals surface area contributed by atoms with Gasteiger partial charge in [-0.3, -0.25) is 4.79 Å². The molecule has 2 aliphatic heterocycles. The largest absolute Gasteiger partial charge is 0.497 e. The summed E-state index contributed by atoms with van der Waals surface area (Å²) in [4.78, 5) is 15.0. The highest BCUT2D eigenvalue weighted by molar-refractivity contribution is 5.95. The number of benzene rings is 1. The highest BCUT2D eigenvalue weighted by atomic mass is 16.5. The lowest BCUT2D eigenvalue weighted by molar-refractivity contribution is 0.0681. The lowest BCUT2D eigenvalue weighted by Gasteiger charge is -2.28. The summed E-state index contributed by atoms with van der Waals surface area (Å²) in [5.41, 5.74) is 0.630. The third kappa shape index (κ3) is 2.46. The van der Waals surface area contributed by atoms with Gasteiger partial charge in [0, 0.05) is 36.8 Å². The highest BCUT2D eigenvalue weighted by Crippen LogP contribution is 2.34. The average Bonchev–Trinajstić information content (AvgIpc) is 3.05. The van der Waals surface area contributed by atoms with Gasteiger partial charge < -0.3 is 19.7 Å². The maximum absolute atomic E-state index is 12.9. The first-order valence-corrected chi connectivity index (χ1v) is 7.40. The number of rotatable bonds is 3. The maximum atomic E-state index is 12.9. The van der Waals surface area contributed by atoms with Crippen molar-refractivity contribution in [1.82, 2.24) is 10.2 Å². The van der Waals surface area contributed by atoms with Gasteiger partial charge in [-0.1, -0.05) is 0 Å². The number of carbonyl (C=O) groups is 1. The molecule has 0 aromatic heterocycles. The number of carbonyl (C=O) groups excluding carboxylic acids is 1. The zero-order valence-electron chi connectivity index (χ0n) is 12.8. The lowest BCUT2D eigenvalue weighted by Crippen LogP contribution is -2.42. The van der Waals surface area contributed by atoms with E-state index < -0.39 is 0 Å². The van der Waals surface area contributed by atoms with Crippen molar-refractivity contribution in [2.45, 2.75) is 25.4 Å². The predicted molar refractivity (Wildman–Crippen MR) is 79.9 cm³/mol. The molecule has 0 radical (unpaired) electrons. The minimum absolute atomic E-state index is 0.0656. The molecule has 3 atom stereocenters. The van der Waals surface area contributed by atoms with Crippen molar-refractivity contribution in [2.75, 3.05) is 27.3 Å². The van der Waals surface area contributed by atoms with Crippen molar-refractivity contribution in [1.29, 1.82) is 0 Å². The van der Waals surface area contributed by atoms with Crippen LogP contribution in [0.1, 0.15) is 23.7 Å². The van der Waals surface area contributed by atoms with E-state index in [4.69, 9.17) is 9.47 Å². The number of hydrogen-bond acceptors (Lipinski definition) is 4. The van der Waals surface area contributed by atoms with Gasteiger partial charge in [-0.15, -0.1) is 0 Å². The number of methoxy groups -OCH3 is 2. The number of ether oxygens (including phenoxy) is 2. The van der Waals surface area contributed by atoms with E-state index in [1.54, 1.807) is 32.4 Å². The fraction of sp³-hybridized carbons (Fsp3) is 0.562. The van der Waals surface area contributed by atoms with Crippen LogP contribution < -0.4 is 14.8 Å². The van der Waals surface area contributed by atoms with E-state index in [1.807, 2.05) is 4.90 Å². The maximum Gasteiger partial charge on any atom is 0.254 e. The summed E-state index contributed by atoms with van der Waals surface area (Å²) in [7, 11) is 3.19. The van der Waals surface area contributed by atoms with Gasteiger partial charge in [-0.25, -0.2) is 0 Å².